The minimum absolute atomic E-state index is 0.116. The molecular weight excluding hydrogens is 350 g/mol. The Hall–Kier alpha value is -1.76. The van der Waals surface area contributed by atoms with Gasteiger partial charge < -0.3 is 20.7 Å². The standard InChI is InChI=1S/C15H20BrN3O3/c1-22-13-3-2-12(16)8-11(13)9-18-15(21)19-6-4-10(5-7-19)14(17)20/h2-3,8,10H,4-7,9H2,1H3,(H2,17,20)(H,18,21). The molecule has 2 rings (SSSR count). The lowest BCUT2D eigenvalue weighted by Crippen LogP contribution is -2.46. The van der Waals surface area contributed by atoms with Crippen molar-refractivity contribution in [2.45, 2.75) is 19.4 Å². The Kier molecular flexibility index (Phi) is 5.65. The van der Waals surface area contributed by atoms with Gasteiger partial charge in [0, 0.05) is 35.6 Å². The van der Waals surface area contributed by atoms with Gasteiger partial charge >= 0.3 is 6.03 Å². The zero-order valence-corrected chi connectivity index (χ0v) is 14.1. The summed E-state index contributed by atoms with van der Waals surface area (Å²) in [6.45, 7) is 1.49. The molecule has 0 radical (unpaired) electrons. The number of benzene rings is 1. The fourth-order valence-electron chi connectivity index (χ4n) is 2.54. The molecule has 7 heteroatoms. The van der Waals surface area contributed by atoms with Crippen LogP contribution in [0.3, 0.4) is 0 Å². The van der Waals surface area contributed by atoms with Crippen LogP contribution in [-0.2, 0) is 11.3 Å². The van der Waals surface area contributed by atoms with E-state index in [0.29, 0.717) is 32.5 Å². The minimum atomic E-state index is -0.279. The summed E-state index contributed by atoms with van der Waals surface area (Å²) in [5, 5.41) is 2.88. The zero-order chi connectivity index (χ0) is 16.1. The molecule has 22 heavy (non-hydrogen) atoms. The number of halogens is 1. The van der Waals surface area contributed by atoms with Crippen molar-refractivity contribution >= 4 is 27.9 Å². The Morgan fingerprint density at radius 3 is 2.68 bits per heavy atom. The van der Waals surface area contributed by atoms with Crippen molar-refractivity contribution in [2.75, 3.05) is 20.2 Å². The quantitative estimate of drug-likeness (QED) is 0.849. The summed E-state index contributed by atoms with van der Waals surface area (Å²) in [5.41, 5.74) is 6.19. The molecule has 1 aromatic rings. The number of methoxy groups -OCH3 is 1. The maximum atomic E-state index is 12.2. The largest absolute Gasteiger partial charge is 0.496 e. The first kappa shape index (κ1) is 16.6. The Balaban J connectivity index is 1.88. The smallest absolute Gasteiger partial charge is 0.317 e. The summed E-state index contributed by atoms with van der Waals surface area (Å²) in [4.78, 5) is 25.0. The molecule has 0 aromatic heterocycles. The lowest BCUT2D eigenvalue weighted by Gasteiger charge is -2.30. The molecule has 1 fully saturated rings. The molecule has 1 aliphatic rings. The number of nitrogens with one attached hydrogen (secondary N) is 1. The SMILES string of the molecule is COc1ccc(Br)cc1CNC(=O)N1CCC(C(N)=O)CC1. The van der Waals surface area contributed by atoms with Gasteiger partial charge in [0.2, 0.25) is 5.91 Å². The highest BCUT2D eigenvalue weighted by Gasteiger charge is 2.25. The molecule has 1 aliphatic heterocycles. The van der Waals surface area contributed by atoms with Crippen LogP contribution in [0.15, 0.2) is 22.7 Å². The summed E-state index contributed by atoms with van der Waals surface area (Å²) in [7, 11) is 1.60. The topological polar surface area (TPSA) is 84.7 Å². The number of amides is 3. The summed E-state index contributed by atoms with van der Waals surface area (Å²) < 4.78 is 6.21. The minimum Gasteiger partial charge on any atom is -0.496 e. The third-order valence-corrected chi connectivity index (χ3v) is 4.35. The second-order valence-electron chi connectivity index (χ2n) is 5.28. The van der Waals surface area contributed by atoms with Gasteiger partial charge in [0.1, 0.15) is 5.75 Å². The Bertz CT molecular complexity index is 557. The van der Waals surface area contributed by atoms with Crippen LogP contribution in [0.1, 0.15) is 18.4 Å². The highest BCUT2D eigenvalue weighted by molar-refractivity contribution is 9.10. The summed E-state index contributed by atoms with van der Waals surface area (Å²) in [5.74, 6) is 0.337. The summed E-state index contributed by atoms with van der Waals surface area (Å²) in [6.07, 6.45) is 1.26. The molecule has 1 aromatic carbocycles. The number of carbonyl (C=O) groups excluding carboxylic acids is 2. The van der Waals surface area contributed by atoms with Crippen LogP contribution in [0.5, 0.6) is 5.75 Å². The van der Waals surface area contributed by atoms with E-state index in [1.807, 2.05) is 18.2 Å². The molecule has 0 spiro atoms. The number of nitrogens with two attached hydrogens (primary N) is 1. The number of primary amides is 1. The first-order valence-corrected chi connectivity index (χ1v) is 7.95. The third-order valence-electron chi connectivity index (χ3n) is 3.86. The van der Waals surface area contributed by atoms with E-state index in [-0.39, 0.29) is 17.9 Å². The van der Waals surface area contributed by atoms with Gasteiger partial charge in [-0.15, -0.1) is 0 Å². The van der Waals surface area contributed by atoms with Gasteiger partial charge in [-0.05, 0) is 31.0 Å². The first-order chi connectivity index (χ1) is 10.5. The van der Waals surface area contributed by atoms with Crippen LogP contribution < -0.4 is 15.8 Å². The fraction of sp³-hybridized carbons (Fsp3) is 0.467. The molecule has 0 saturated carbocycles. The summed E-state index contributed by atoms with van der Waals surface area (Å²) in [6, 6.07) is 5.52. The van der Waals surface area contributed by atoms with E-state index in [2.05, 4.69) is 21.2 Å². The lowest BCUT2D eigenvalue weighted by atomic mass is 9.96. The average Bonchev–Trinajstić information content (AvgIpc) is 2.52. The number of rotatable bonds is 4. The van der Waals surface area contributed by atoms with Crippen molar-refractivity contribution in [1.82, 2.24) is 10.2 Å². The number of likely N-dealkylation sites (tertiary alicyclic amines) is 1. The van der Waals surface area contributed by atoms with Crippen molar-refractivity contribution in [1.29, 1.82) is 0 Å². The van der Waals surface area contributed by atoms with Gasteiger partial charge in [-0.3, -0.25) is 4.79 Å². The van der Waals surface area contributed by atoms with E-state index in [1.165, 1.54) is 0 Å². The molecule has 3 amide bonds. The normalized spacial score (nSPS) is 15.5. The molecule has 6 nitrogen and oxygen atoms in total. The van der Waals surface area contributed by atoms with Crippen LogP contribution in [0.25, 0.3) is 0 Å². The van der Waals surface area contributed by atoms with Crippen LogP contribution in [-0.4, -0.2) is 37.0 Å². The van der Waals surface area contributed by atoms with Crippen LogP contribution in [0.4, 0.5) is 4.79 Å². The van der Waals surface area contributed by atoms with Gasteiger partial charge in [0.25, 0.3) is 0 Å². The Morgan fingerprint density at radius 2 is 2.09 bits per heavy atom. The number of hydrogen-bond donors (Lipinski definition) is 2. The molecular formula is C15H20BrN3O3. The van der Waals surface area contributed by atoms with Crippen molar-refractivity contribution in [3.63, 3.8) is 0 Å². The highest BCUT2D eigenvalue weighted by Crippen LogP contribution is 2.23. The van der Waals surface area contributed by atoms with E-state index >= 15 is 0 Å². The number of ether oxygens (including phenoxy) is 1. The van der Waals surface area contributed by atoms with Crippen molar-refractivity contribution in [3.05, 3.63) is 28.2 Å². The molecule has 120 valence electrons. The number of urea groups is 1. The maximum absolute atomic E-state index is 12.2. The predicted octanol–water partition coefficient (Wildman–Crippen LogP) is 1.86. The molecule has 0 atom stereocenters. The molecule has 0 unspecified atom stereocenters. The van der Waals surface area contributed by atoms with Crippen molar-refractivity contribution in [2.24, 2.45) is 11.7 Å². The lowest BCUT2D eigenvalue weighted by molar-refractivity contribution is -0.123. The molecule has 1 saturated heterocycles. The van der Waals surface area contributed by atoms with Crippen LogP contribution >= 0.6 is 15.9 Å². The molecule has 3 N–H and O–H groups in total. The third kappa shape index (κ3) is 4.13. The Labute approximate surface area is 138 Å². The monoisotopic (exact) mass is 369 g/mol. The maximum Gasteiger partial charge on any atom is 0.317 e. The highest BCUT2D eigenvalue weighted by atomic mass is 79.9. The van der Waals surface area contributed by atoms with E-state index in [9.17, 15) is 9.59 Å². The van der Waals surface area contributed by atoms with Gasteiger partial charge in [-0.2, -0.15) is 0 Å². The van der Waals surface area contributed by atoms with E-state index in [4.69, 9.17) is 10.5 Å². The number of hydrogen-bond acceptors (Lipinski definition) is 3. The number of carbonyl (C=O) groups is 2. The average molecular weight is 370 g/mol. The molecule has 1 heterocycles. The van der Waals surface area contributed by atoms with Gasteiger partial charge in [-0.25, -0.2) is 4.79 Å². The number of piperidine rings is 1. The predicted molar refractivity (Wildman–Crippen MR) is 86.4 cm³/mol. The van der Waals surface area contributed by atoms with E-state index in [1.54, 1.807) is 12.0 Å². The fourth-order valence-corrected chi connectivity index (χ4v) is 2.94. The van der Waals surface area contributed by atoms with Crippen LogP contribution in [0.2, 0.25) is 0 Å². The van der Waals surface area contributed by atoms with Gasteiger partial charge in [-0.1, -0.05) is 15.9 Å². The second kappa shape index (κ2) is 7.49. The first-order valence-electron chi connectivity index (χ1n) is 7.15. The summed E-state index contributed by atoms with van der Waals surface area (Å²) >= 11 is 3.41. The van der Waals surface area contributed by atoms with Crippen LogP contribution in [0, 0.1) is 5.92 Å². The molecule has 0 aliphatic carbocycles. The second-order valence-corrected chi connectivity index (χ2v) is 6.19. The zero-order valence-electron chi connectivity index (χ0n) is 12.5. The van der Waals surface area contributed by atoms with E-state index in [0.717, 1.165) is 15.8 Å². The van der Waals surface area contributed by atoms with Gasteiger partial charge in [0.15, 0.2) is 0 Å². The van der Waals surface area contributed by atoms with Crippen molar-refractivity contribution < 1.29 is 14.3 Å². The van der Waals surface area contributed by atoms with Crippen molar-refractivity contribution in [3.8, 4) is 5.75 Å². The van der Waals surface area contributed by atoms with E-state index < -0.39 is 0 Å². The number of nitrogens with zero attached hydrogens (tertiary/aromatic N) is 1. The molecule has 0 bridgehead atoms. The van der Waals surface area contributed by atoms with Gasteiger partial charge in [0.05, 0.1) is 7.11 Å². The Morgan fingerprint density at radius 1 is 1.41 bits per heavy atom.